The van der Waals surface area contributed by atoms with Gasteiger partial charge in [-0.1, -0.05) is 33.6 Å². The quantitative estimate of drug-likeness (QED) is 0.547. The zero-order chi connectivity index (χ0) is 15.9. The summed E-state index contributed by atoms with van der Waals surface area (Å²) in [5, 5.41) is 17.0. The highest BCUT2D eigenvalue weighted by molar-refractivity contribution is 9.10. The van der Waals surface area contributed by atoms with Crippen molar-refractivity contribution in [2.75, 3.05) is 6.54 Å². The fourth-order valence-corrected chi connectivity index (χ4v) is 3.28. The summed E-state index contributed by atoms with van der Waals surface area (Å²) >= 11 is 9.64. The van der Waals surface area contributed by atoms with Gasteiger partial charge >= 0.3 is 0 Å². The third-order valence-electron chi connectivity index (χ3n) is 3.80. The highest BCUT2D eigenvalue weighted by atomic mass is 79.9. The SMILES string of the molecule is CCNC(=NCc1ccc(Br)cc1Cl)NC1CCC(O)CC1. The van der Waals surface area contributed by atoms with Crippen molar-refractivity contribution >= 4 is 33.5 Å². The second-order valence-electron chi connectivity index (χ2n) is 5.58. The van der Waals surface area contributed by atoms with Gasteiger partial charge in [-0.3, -0.25) is 0 Å². The number of hydrogen-bond acceptors (Lipinski definition) is 2. The molecule has 4 nitrogen and oxygen atoms in total. The molecule has 1 fully saturated rings. The molecule has 1 aromatic rings. The molecule has 2 rings (SSSR count). The lowest BCUT2D eigenvalue weighted by molar-refractivity contribution is 0.120. The Hall–Kier alpha value is -0.780. The van der Waals surface area contributed by atoms with Gasteiger partial charge in [0.15, 0.2) is 5.96 Å². The van der Waals surface area contributed by atoms with Gasteiger partial charge in [-0.2, -0.15) is 0 Å². The Morgan fingerprint density at radius 2 is 2.09 bits per heavy atom. The summed E-state index contributed by atoms with van der Waals surface area (Å²) in [5.74, 6) is 0.808. The van der Waals surface area contributed by atoms with E-state index in [0.717, 1.165) is 53.2 Å². The van der Waals surface area contributed by atoms with Crippen LogP contribution in [-0.4, -0.2) is 29.8 Å². The van der Waals surface area contributed by atoms with Crippen molar-refractivity contribution in [3.8, 4) is 0 Å². The van der Waals surface area contributed by atoms with Gasteiger partial charge < -0.3 is 15.7 Å². The van der Waals surface area contributed by atoms with Crippen LogP contribution in [0.15, 0.2) is 27.7 Å². The molecule has 0 unspecified atom stereocenters. The molecule has 0 atom stereocenters. The number of benzene rings is 1. The van der Waals surface area contributed by atoms with E-state index < -0.39 is 0 Å². The summed E-state index contributed by atoms with van der Waals surface area (Å²) in [7, 11) is 0. The molecular weight excluding hydrogens is 366 g/mol. The van der Waals surface area contributed by atoms with E-state index in [1.165, 1.54) is 0 Å². The second-order valence-corrected chi connectivity index (χ2v) is 6.90. The third-order valence-corrected chi connectivity index (χ3v) is 4.65. The largest absolute Gasteiger partial charge is 0.393 e. The normalized spacial score (nSPS) is 22.5. The van der Waals surface area contributed by atoms with Crippen LogP contribution in [-0.2, 0) is 6.54 Å². The van der Waals surface area contributed by atoms with Gasteiger partial charge in [0.05, 0.1) is 12.6 Å². The Bertz CT molecular complexity index is 516. The minimum atomic E-state index is -0.140. The van der Waals surface area contributed by atoms with E-state index in [9.17, 15) is 5.11 Å². The Kier molecular flexibility index (Phi) is 6.99. The molecule has 0 heterocycles. The van der Waals surface area contributed by atoms with Gasteiger partial charge in [0.25, 0.3) is 0 Å². The summed E-state index contributed by atoms with van der Waals surface area (Å²) in [5.41, 5.74) is 1.00. The molecular formula is C16H23BrClN3O. The predicted octanol–water partition coefficient (Wildman–Crippen LogP) is 3.46. The number of hydrogen-bond donors (Lipinski definition) is 3. The molecule has 0 saturated heterocycles. The highest BCUT2D eigenvalue weighted by Crippen LogP contribution is 2.22. The molecule has 122 valence electrons. The zero-order valence-corrected chi connectivity index (χ0v) is 15.1. The van der Waals surface area contributed by atoms with Crippen LogP contribution in [0.1, 0.15) is 38.2 Å². The Morgan fingerprint density at radius 3 is 2.73 bits per heavy atom. The number of guanidine groups is 1. The molecule has 0 bridgehead atoms. The summed E-state index contributed by atoms with van der Waals surface area (Å²) in [6, 6.07) is 6.22. The molecule has 1 aromatic carbocycles. The number of aliphatic hydroxyl groups is 1. The summed E-state index contributed by atoms with van der Waals surface area (Å²) in [6.45, 7) is 3.40. The zero-order valence-electron chi connectivity index (χ0n) is 12.8. The predicted molar refractivity (Wildman–Crippen MR) is 95.4 cm³/mol. The van der Waals surface area contributed by atoms with E-state index in [1.54, 1.807) is 0 Å². The molecule has 0 amide bonds. The minimum absolute atomic E-state index is 0.140. The van der Waals surface area contributed by atoms with Crippen LogP contribution in [0.3, 0.4) is 0 Å². The van der Waals surface area contributed by atoms with Gasteiger partial charge in [-0.05, 0) is 50.3 Å². The Morgan fingerprint density at radius 1 is 1.36 bits per heavy atom. The number of nitrogens with zero attached hydrogens (tertiary/aromatic N) is 1. The number of aliphatic imine (C=N–C) groups is 1. The molecule has 22 heavy (non-hydrogen) atoms. The van der Waals surface area contributed by atoms with Crippen LogP contribution in [0.4, 0.5) is 0 Å². The van der Waals surface area contributed by atoms with Crippen LogP contribution >= 0.6 is 27.5 Å². The lowest BCUT2D eigenvalue weighted by Gasteiger charge is -2.27. The number of nitrogens with one attached hydrogen (secondary N) is 2. The summed E-state index contributed by atoms with van der Waals surface area (Å²) < 4.78 is 0.969. The lowest BCUT2D eigenvalue weighted by atomic mass is 9.93. The van der Waals surface area contributed by atoms with Gasteiger partial charge in [0.1, 0.15) is 0 Å². The first-order valence-corrected chi connectivity index (χ1v) is 8.92. The molecule has 3 N–H and O–H groups in total. The van der Waals surface area contributed by atoms with E-state index >= 15 is 0 Å². The molecule has 6 heteroatoms. The molecule has 0 aliphatic heterocycles. The first-order valence-electron chi connectivity index (χ1n) is 7.75. The van der Waals surface area contributed by atoms with Crippen molar-refractivity contribution in [1.82, 2.24) is 10.6 Å². The van der Waals surface area contributed by atoms with Gasteiger partial charge in [0, 0.05) is 22.1 Å². The first kappa shape index (κ1) is 17.6. The van der Waals surface area contributed by atoms with E-state index in [2.05, 4.69) is 38.5 Å². The topological polar surface area (TPSA) is 56.7 Å². The summed E-state index contributed by atoms with van der Waals surface area (Å²) in [4.78, 5) is 4.62. The van der Waals surface area contributed by atoms with Gasteiger partial charge in [-0.15, -0.1) is 0 Å². The molecule has 1 aliphatic rings. The third kappa shape index (κ3) is 5.45. The van der Waals surface area contributed by atoms with Crippen LogP contribution in [0.5, 0.6) is 0 Å². The molecule has 0 radical (unpaired) electrons. The number of halogens is 2. The molecule has 1 saturated carbocycles. The van der Waals surface area contributed by atoms with Crippen molar-refractivity contribution in [3.05, 3.63) is 33.3 Å². The van der Waals surface area contributed by atoms with E-state index in [1.807, 2.05) is 18.2 Å². The van der Waals surface area contributed by atoms with Crippen molar-refractivity contribution in [1.29, 1.82) is 0 Å². The maximum Gasteiger partial charge on any atom is 0.191 e. The van der Waals surface area contributed by atoms with Crippen molar-refractivity contribution in [2.45, 2.75) is 51.3 Å². The smallest absolute Gasteiger partial charge is 0.191 e. The van der Waals surface area contributed by atoms with E-state index in [4.69, 9.17) is 11.6 Å². The maximum atomic E-state index is 9.58. The van der Waals surface area contributed by atoms with Gasteiger partial charge in [-0.25, -0.2) is 4.99 Å². The fraction of sp³-hybridized carbons (Fsp3) is 0.562. The second kappa shape index (κ2) is 8.75. The molecule has 0 spiro atoms. The number of rotatable bonds is 4. The first-order chi connectivity index (χ1) is 10.6. The van der Waals surface area contributed by atoms with Crippen LogP contribution in [0.25, 0.3) is 0 Å². The molecule has 1 aliphatic carbocycles. The monoisotopic (exact) mass is 387 g/mol. The standard InChI is InChI=1S/C16H23BrClN3O/c1-2-19-16(21-13-5-7-14(22)8-6-13)20-10-11-3-4-12(17)9-15(11)18/h3-4,9,13-14,22H,2,5-8,10H2,1H3,(H2,19,20,21). The highest BCUT2D eigenvalue weighted by Gasteiger charge is 2.19. The van der Waals surface area contributed by atoms with Crippen LogP contribution < -0.4 is 10.6 Å². The fourth-order valence-electron chi connectivity index (χ4n) is 2.55. The van der Waals surface area contributed by atoms with Crippen molar-refractivity contribution < 1.29 is 5.11 Å². The summed E-state index contributed by atoms with van der Waals surface area (Å²) in [6.07, 6.45) is 3.53. The van der Waals surface area contributed by atoms with E-state index in [0.29, 0.717) is 12.6 Å². The average molecular weight is 389 g/mol. The van der Waals surface area contributed by atoms with Gasteiger partial charge in [0.2, 0.25) is 0 Å². The Balaban J connectivity index is 1.97. The average Bonchev–Trinajstić information content (AvgIpc) is 2.48. The van der Waals surface area contributed by atoms with Crippen LogP contribution in [0, 0.1) is 0 Å². The number of aliphatic hydroxyl groups excluding tert-OH is 1. The van der Waals surface area contributed by atoms with Crippen LogP contribution in [0.2, 0.25) is 5.02 Å². The Labute approximate surface area is 145 Å². The van der Waals surface area contributed by atoms with E-state index in [-0.39, 0.29) is 6.10 Å². The van der Waals surface area contributed by atoms with Crippen molar-refractivity contribution in [3.63, 3.8) is 0 Å². The van der Waals surface area contributed by atoms with Crippen molar-refractivity contribution in [2.24, 2.45) is 4.99 Å². The molecule has 0 aromatic heterocycles. The lowest BCUT2D eigenvalue weighted by Crippen LogP contribution is -2.45. The minimum Gasteiger partial charge on any atom is -0.393 e. The maximum absolute atomic E-state index is 9.58.